The van der Waals surface area contributed by atoms with Crippen LogP contribution in [0.15, 0.2) is 23.1 Å². The highest BCUT2D eigenvalue weighted by Gasteiger charge is 2.31. The fourth-order valence-corrected chi connectivity index (χ4v) is 6.62. The summed E-state index contributed by atoms with van der Waals surface area (Å²) in [6, 6.07) is 5.85. The summed E-state index contributed by atoms with van der Waals surface area (Å²) in [7, 11) is -3.64. The van der Waals surface area contributed by atoms with Crippen LogP contribution in [0.1, 0.15) is 48.5 Å². The third-order valence-electron chi connectivity index (χ3n) is 6.73. The van der Waals surface area contributed by atoms with E-state index < -0.39 is 10.0 Å². The molecule has 8 heteroatoms. The van der Waals surface area contributed by atoms with Crippen molar-refractivity contribution in [1.82, 2.24) is 14.1 Å². The zero-order chi connectivity index (χ0) is 21.1. The van der Waals surface area contributed by atoms with Gasteiger partial charge in [0, 0.05) is 50.9 Å². The van der Waals surface area contributed by atoms with Crippen LogP contribution < -0.4 is 0 Å². The summed E-state index contributed by atoms with van der Waals surface area (Å²) in [6.45, 7) is 6.68. The van der Waals surface area contributed by atoms with Gasteiger partial charge in [-0.3, -0.25) is 9.69 Å². The number of hydrogen-bond donors (Lipinski definition) is 0. The molecule has 2 heterocycles. The molecule has 7 nitrogen and oxygen atoms in total. The molecule has 2 saturated heterocycles. The molecule has 0 atom stereocenters. The molecule has 0 N–H and O–H groups in total. The molecule has 0 aromatic heterocycles. The second-order valence-electron chi connectivity index (χ2n) is 8.46. The monoisotopic (exact) mass is 435 g/mol. The van der Waals surface area contributed by atoms with E-state index in [2.05, 4.69) is 4.90 Å². The first-order chi connectivity index (χ1) is 14.5. The van der Waals surface area contributed by atoms with Crippen molar-refractivity contribution in [3.8, 4) is 0 Å². The molecule has 166 valence electrons. The van der Waals surface area contributed by atoms with Crippen LogP contribution in [0, 0.1) is 0 Å². The second kappa shape index (κ2) is 9.34. The fraction of sp³-hybridized carbons (Fsp3) is 0.682. The van der Waals surface area contributed by atoms with Gasteiger partial charge in [-0.2, -0.15) is 4.31 Å². The Kier molecular flexibility index (Phi) is 6.77. The van der Waals surface area contributed by atoms with Gasteiger partial charge in [0.1, 0.15) is 0 Å². The number of carbonyl (C=O) groups is 1. The highest BCUT2D eigenvalue weighted by molar-refractivity contribution is 7.89. The van der Waals surface area contributed by atoms with Crippen molar-refractivity contribution >= 4 is 15.9 Å². The summed E-state index contributed by atoms with van der Waals surface area (Å²) in [5.74, 6) is -0.0675. The third kappa shape index (κ3) is 4.42. The van der Waals surface area contributed by atoms with Crippen LogP contribution >= 0.6 is 0 Å². The molecule has 30 heavy (non-hydrogen) atoms. The molecule has 1 saturated carbocycles. The second-order valence-corrected chi connectivity index (χ2v) is 10.4. The maximum atomic E-state index is 13.2. The van der Waals surface area contributed by atoms with E-state index in [1.807, 2.05) is 11.8 Å². The number of carbonyl (C=O) groups excluding carboxylic acids is 1. The Bertz CT molecular complexity index is 853. The van der Waals surface area contributed by atoms with E-state index in [1.54, 1.807) is 18.2 Å². The third-order valence-corrected chi connectivity index (χ3v) is 8.71. The number of benzene rings is 1. The number of sulfonamides is 1. The van der Waals surface area contributed by atoms with Crippen molar-refractivity contribution in [2.75, 3.05) is 52.5 Å². The van der Waals surface area contributed by atoms with E-state index in [1.165, 1.54) is 30.0 Å². The van der Waals surface area contributed by atoms with Crippen molar-refractivity contribution < 1.29 is 17.9 Å². The lowest BCUT2D eigenvalue weighted by atomic mass is 10.1. The van der Waals surface area contributed by atoms with Crippen molar-refractivity contribution in [1.29, 1.82) is 0 Å². The van der Waals surface area contributed by atoms with E-state index in [0.29, 0.717) is 57.4 Å². The molecule has 0 bridgehead atoms. The SMILES string of the molecule is CCc1ccc(C(=O)N2CCN(C3CCCC3)CC2)cc1S(=O)(=O)N1CCOCC1. The van der Waals surface area contributed by atoms with Gasteiger partial charge in [-0.05, 0) is 37.0 Å². The van der Waals surface area contributed by atoms with Gasteiger partial charge in [0.15, 0.2) is 0 Å². The molecule has 0 spiro atoms. The first-order valence-electron chi connectivity index (χ1n) is 11.2. The number of ether oxygens (including phenoxy) is 1. The quantitative estimate of drug-likeness (QED) is 0.707. The Morgan fingerprint density at radius 1 is 1.03 bits per heavy atom. The summed E-state index contributed by atoms with van der Waals surface area (Å²) in [5.41, 5.74) is 1.22. The van der Waals surface area contributed by atoms with E-state index >= 15 is 0 Å². The van der Waals surface area contributed by atoms with Gasteiger partial charge in [0.05, 0.1) is 18.1 Å². The largest absolute Gasteiger partial charge is 0.379 e. The van der Waals surface area contributed by atoms with Gasteiger partial charge in [0.25, 0.3) is 5.91 Å². The van der Waals surface area contributed by atoms with Gasteiger partial charge >= 0.3 is 0 Å². The van der Waals surface area contributed by atoms with Gasteiger partial charge < -0.3 is 9.64 Å². The Morgan fingerprint density at radius 2 is 1.70 bits per heavy atom. The summed E-state index contributed by atoms with van der Waals surface area (Å²) < 4.78 is 33.3. The van der Waals surface area contributed by atoms with Crippen molar-refractivity contribution in [2.24, 2.45) is 0 Å². The Labute approximate surface area is 180 Å². The first-order valence-corrected chi connectivity index (χ1v) is 12.7. The minimum Gasteiger partial charge on any atom is -0.379 e. The number of hydrogen-bond acceptors (Lipinski definition) is 5. The minimum atomic E-state index is -3.64. The number of aryl methyl sites for hydroxylation is 1. The van der Waals surface area contributed by atoms with Gasteiger partial charge in [-0.15, -0.1) is 0 Å². The predicted octanol–water partition coefficient (Wildman–Crippen LogP) is 1.97. The van der Waals surface area contributed by atoms with Crippen LogP contribution in [0.2, 0.25) is 0 Å². The van der Waals surface area contributed by atoms with Crippen LogP contribution in [-0.4, -0.2) is 87.0 Å². The van der Waals surface area contributed by atoms with Crippen molar-refractivity contribution in [3.05, 3.63) is 29.3 Å². The van der Waals surface area contributed by atoms with Crippen molar-refractivity contribution in [3.63, 3.8) is 0 Å². The molecule has 1 aromatic carbocycles. The van der Waals surface area contributed by atoms with Crippen LogP contribution in [0.5, 0.6) is 0 Å². The number of nitrogens with zero attached hydrogens (tertiary/aromatic N) is 3. The highest BCUT2D eigenvalue weighted by atomic mass is 32.2. The van der Waals surface area contributed by atoms with E-state index in [9.17, 15) is 13.2 Å². The topological polar surface area (TPSA) is 70.2 Å². The Balaban J connectivity index is 1.50. The van der Waals surface area contributed by atoms with Crippen LogP contribution in [-0.2, 0) is 21.2 Å². The maximum Gasteiger partial charge on any atom is 0.253 e. The molecule has 1 aliphatic carbocycles. The lowest BCUT2D eigenvalue weighted by molar-refractivity contribution is 0.0573. The molecule has 2 aliphatic heterocycles. The average molecular weight is 436 g/mol. The molecule has 3 aliphatic rings. The summed E-state index contributed by atoms with van der Waals surface area (Å²) in [5, 5.41) is 0. The Hall–Kier alpha value is -1.48. The maximum absolute atomic E-state index is 13.2. The number of piperazine rings is 1. The number of rotatable bonds is 5. The van der Waals surface area contributed by atoms with E-state index in [-0.39, 0.29) is 10.8 Å². The van der Waals surface area contributed by atoms with Gasteiger partial charge in [-0.25, -0.2) is 8.42 Å². The lowest BCUT2D eigenvalue weighted by Gasteiger charge is -2.38. The lowest BCUT2D eigenvalue weighted by Crippen LogP contribution is -2.51. The zero-order valence-electron chi connectivity index (χ0n) is 17.9. The predicted molar refractivity (Wildman–Crippen MR) is 115 cm³/mol. The smallest absolute Gasteiger partial charge is 0.253 e. The molecule has 0 radical (unpaired) electrons. The Morgan fingerprint density at radius 3 is 2.33 bits per heavy atom. The number of amides is 1. The summed E-state index contributed by atoms with van der Waals surface area (Å²) in [4.78, 5) is 17.8. The highest BCUT2D eigenvalue weighted by Crippen LogP contribution is 2.26. The molecule has 0 unspecified atom stereocenters. The summed E-state index contributed by atoms with van der Waals surface area (Å²) >= 11 is 0. The van der Waals surface area contributed by atoms with Crippen LogP contribution in [0.25, 0.3) is 0 Å². The molecule has 1 amide bonds. The molecule has 4 rings (SSSR count). The van der Waals surface area contributed by atoms with Crippen LogP contribution in [0.4, 0.5) is 0 Å². The normalized spacial score (nSPS) is 22.5. The summed E-state index contributed by atoms with van der Waals surface area (Å²) in [6.07, 6.45) is 5.78. The minimum absolute atomic E-state index is 0.0675. The molecule has 1 aromatic rings. The molecule has 3 fully saturated rings. The molecular weight excluding hydrogens is 402 g/mol. The average Bonchev–Trinajstić information content (AvgIpc) is 3.34. The zero-order valence-corrected chi connectivity index (χ0v) is 18.7. The fourth-order valence-electron chi connectivity index (χ4n) is 4.89. The molecular formula is C22H33N3O4S. The van der Waals surface area contributed by atoms with E-state index in [0.717, 1.165) is 18.7 Å². The van der Waals surface area contributed by atoms with E-state index in [4.69, 9.17) is 4.74 Å². The number of morpholine rings is 1. The first kappa shape index (κ1) is 21.7. The van der Waals surface area contributed by atoms with Gasteiger partial charge in [0.2, 0.25) is 10.0 Å². The van der Waals surface area contributed by atoms with Crippen LogP contribution in [0.3, 0.4) is 0 Å². The standard InChI is InChI=1S/C22H33N3O4S/c1-2-18-7-8-19(17-21(18)30(27,28)25-13-15-29-16-14-25)22(26)24-11-9-23(10-12-24)20-5-3-4-6-20/h7-8,17,20H,2-6,9-16H2,1H3. The van der Waals surface area contributed by atoms with Gasteiger partial charge in [-0.1, -0.05) is 25.8 Å². The van der Waals surface area contributed by atoms with Crippen molar-refractivity contribution in [2.45, 2.75) is 50.0 Å².